The molecule has 1 aromatic carbocycles. The van der Waals surface area contributed by atoms with E-state index in [1.54, 1.807) is 6.07 Å². The third-order valence-corrected chi connectivity index (χ3v) is 3.74. The van der Waals surface area contributed by atoms with E-state index in [1.807, 2.05) is 32.9 Å². The monoisotopic (exact) mass is 279 g/mol. The number of ether oxygens (including phenoxy) is 1. The van der Waals surface area contributed by atoms with Gasteiger partial charge in [-0.2, -0.15) is 0 Å². The molecule has 2 rings (SSSR count). The fraction of sp³-hybridized carbons (Fsp3) is 0.647. The van der Waals surface area contributed by atoms with Gasteiger partial charge in [0.25, 0.3) is 0 Å². The van der Waals surface area contributed by atoms with Crippen molar-refractivity contribution < 1.29 is 9.13 Å². The molecule has 2 unspecified atom stereocenters. The Hall–Kier alpha value is -0.930. The van der Waals surface area contributed by atoms with Crippen molar-refractivity contribution in [2.75, 3.05) is 13.1 Å². The quantitative estimate of drug-likeness (QED) is 0.818. The van der Waals surface area contributed by atoms with Crippen LogP contribution in [0.5, 0.6) is 0 Å². The number of nitrogens with zero attached hydrogens (tertiary/aromatic N) is 1. The summed E-state index contributed by atoms with van der Waals surface area (Å²) in [5, 5.41) is 0. The van der Waals surface area contributed by atoms with E-state index in [4.69, 9.17) is 4.74 Å². The van der Waals surface area contributed by atoms with Crippen LogP contribution in [0.4, 0.5) is 4.39 Å². The Morgan fingerprint density at radius 2 is 1.80 bits per heavy atom. The molecule has 1 aliphatic heterocycles. The Morgan fingerprint density at radius 3 is 2.35 bits per heavy atom. The lowest BCUT2D eigenvalue weighted by Crippen LogP contribution is -2.44. The third-order valence-electron chi connectivity index (χ3n) is 3.74. The van der Waals surface area contributed by atoms with Gasteiger partial charge in [0, 0.05) is 19.6 Å². The van der Waals surface area contributed by atoms with Gasteiger partial charge in [0.15, 0.2) is 0 Å². The van der Waals surface area contributed by atoms with Crippen molar-refractivity contribution in [3.63, 3.8) is 0 Å². The highest BCUT2D eigenvalue weighted by atomic mass is 19.1. The molecule has 0 radical (unpaired) electrons. The maximum Gasteiger partial charge on any atom is 0.126 e. The predicted molar refractivity (Wildman–Crippen MR) is 80.4 cm³/mol. The first kappa shape index (κ1) is 15.5. The summed E-state index contributed by atoms with van der Waals surface area (Å²) < 4.78 is 19.7. The number of hydrogen-bond acceptors (Lipinski definition) is 2. The molecular formula is C17H26FNO. The van der Waals surface area contributed by atoms with Crippen LogP contribution in [-0.2, 0) is 16.7 Å². The molecule has 112 valence electrons. The van der Waals surface area contributed by atoms with Crippen LogP contribution in [0, 0.1) is 5.82 Å². The molecule has 0 aromatic heterocycles. The van der Waals surface area contributed by atoms with Crippen LogP contribution in [0.3, 0.4) is 0 Å². The average molecular weight is 279 g/mol. The number of halogens is 1. The molecular weight excluding hydrogens is 253 g/mol. The van der Waals surface area contributed by atoms with E-state index in [1.165, 1.54) is 5.56 Å². The summed E-state index contributed by atoms with van der Waals surface area (Å²) >= 11 is 0. The van der Waals surface area contributed by atoms with Crippen LogP contribution in [0.2, 0.25) is 0 Å². The van der Waals surface area contributed by atoms with Gasteiger partial charge < -0.3 is 4.74 Å². The first-order valence-electron chi connectivity index (χ1n) is 7.42. The predicted octanol–water partition coefficient (Wildman–Crippen LogP) is 3.73. The Morgan fingerprint density at radius 1 is 1.20 bits per heavy atom. The molecule has 0 bridgehead atoms. The van der Waals surface area contributed by atoms with Crippen molar-refractivity contribution in [2.45, 2.75) is 58.8 Å². The summed E-state index contributed by atoms with van der Waals surface area (Å²) in [7, 11) is 0. The lowest BCUT2D eigenvalue weighted by molar-refractivity contribution is -0.0705. The third kappa shape index (κ3) is 3.80. The molecule has 0 saturated carbocycles. The zero-order valence-electron chi connectivity index (χ0n) is 13.2. The van der Waals surface area contributed by atoms with Crippen molar-refractivity contribution in [3.05, 3.63) is 35.1 Å². The van der Waals surface area contributed by atoms with Gasteiger partial charge in [-0.15, -0.1) is 0 Å². The smallest absolute Gasteiger partial charge is 0.126 e. The maximum atomic E-state index is 13.9. The molecule has 2 nitrogen and oxygen atoms in total. The van der Waals surface area contributed by atoms with E-state index < -0.39 is 0 Å². The summed E-state index contributed by atoms with van der Waals surface area (Å²) in [5.41, 5.74) is 1.81. The minimum atomic E-state index is -0.161. The van der Waals surface area contributed by atoms with Crippen LogP contribution in [-0.4, -0.2) is 30.2 Å². The fourth-order valence-corrected chi connectivity index (χ4v) is 2.92. The zero-order chi connectivity index (χ0) is 14.9. The number of hydrogen-bond donors (Lipinski definition) is 0. The first-order chi connectivity index (χ1) is 9.25. The lowest BCUT2D eigenvalue weighted by atomic mass is 9.85. The Balaban J connectivity index is 2.14. The lowest BCUT2D eigenvalue weighted by Gasteiger charge is -2.35. The van der Waals surface area contributed by atoms with Crippen LogP contribution < -0.4 is 0 Å². The van der Waals surface area contributed by atoms with Crippen molar-refractivity contribution >= 4 is 0 Å². The number of rotatable bonds is 2. The second kappa shape index (κ2) is 5.82. The largest absolute Gasteiger partial charge is 0.373 e. The van der Waals surface area contributed by atoms with Crippen LogP contribution in [0.25, 0.3) is 0 Å². The van der Waals surface area contributed by atoms with E-state index in [0.717, 1.165) is 25.2 Å². The summed E-state index contributed by atoms with van der Waals surface area (Å²) in [4.78, 5) is 2.39. The molecule has 0 amide bonds. The standard InChI is InChI=1S/C17H26FNO/c1-12-9-19(10-13(2)20-12)11-14-6-7-16(18)15(8-14)17(3,4)5/h6-8,12-13H,9-11H2,1-5H3. The van der Waals surface area contributed by atoms with E-state index in [9.17, 15) is 4.39 Å². The van der Waals surface area contributed by atoms with Gasteiger partial charge in [-0.05, 0) is 36.5 Å². The molecule has 0 aliphatic carbocycles. The van der Waals surface area contributed by atoms with Gasteiger partial charge in [-0.1, -0.05) is 32.9 Å². The van der Waals surface area contributed by atoms with Gasteiger partial charge in [-0.25, -0.2) is 4.39 Å². The highest BCUT2D eigenvalue weighted by molar-refractivity contribution is 5.30. The molecule has 1 aliphatic rings. The molecule has 1 fully saturated rings. The van der Waals surface area contributed by atoms with E-state index in [0.29, 0.717) is 0 Å². The Kier molecular flexibility index (Phi) is 4.50. The number of morpholine rings is 1. The van der Waals surface area contributed by atoms with Gasteiger partial charge >= 0.3 is 0 Å². The van der Waals surface area contributed by atoms with Gasteiger partial charge in [0.1, 0.15) is 5.82 Å². The van der Waals surface area contributed by atoms with Gasteiger partial charge in [0.2, 0.25) is 0 Å². The fourth-order valence-electron chi connectivity index (χ4n) is 2.92. The molecule has 20 heavy (non-hydrogen) atoms. The molecule has 0 spiro atoms. The molecule has 1 saturated heterocycles. The molecule has 1 heterocycles. The highest BCUT2D eigenvalue weighted by Gasteiger charge is 2.23. The molecule has 2 atom stereocenters. The number of benzene rings is 1. The second-order valence-electron chi connectivity index (χ2n) is 7.02. The van der Waals surface area contributed by atoms with Gasteiger partial charge in [-0.3, -0.25) is 4.90 Å². The normalized spacial score (nSPS) is 24.9. The highest BCUT2D eigenvalue weighted by Crippen LogP contribution is 2.26. The van der Waals surface area contributed by atoms with Crippen LogP contribution in [0.1, 0.15) is 45.7 Å². The van der Waals surface area contributed by atoms with E-state index in [2.05, 4.69) is 18.7 Å². The van der Waals surface area contributed by atoms with Crippen LogP contribution in [0.15, 0.2) is 18.2 Å². The SMILES string of the molecule is CC1CN(Cc2ccc(F)c(C(C)(C)C)c2)CC(C)O1. The summed E-state index contributed by atoms with van der Waals surface area (Å²) in [6, 6.07) is 5.51. The van der Waals surface area contributed by atoms with E-state index in [-0.39, 0.29) is 23.4 Å². The van der Waals surface area contributed by atoms with Crippen LogP contribution >= 0.6 is 0 Å². The summed E-state index contributed by atoms with van der Waals surface area (Å²) in [5.74, 6) is -0.107. The van der Waals surface area contributed by atoms with E-state index >= 15 is 0 Å². The molecule has 1 aromatic rings. The van der Waals surface area contributed by atoms with Gasteiger partial charge in [0.05, 0.1) is 12.2 Å². The van der Waals surface area contributed by atoms with Crippen molar-refractivity contribution in [1.82, 2.24) is 4.90 Å². The molecule has 3 heteroatoms. The minimum Gasteiger partial charge on any atom is -0.373 e. The Bertz CT molecular complexity index is 457. The minimum absolute atomic E-state index is 0.107. The summed E-state index contributed by atoms with van der Waals surface area (Å²) in [6.07, 6.45) is 0.530. The summed E-state index contributed by atoms with van der Waals surface area (Å²) in [6.45, 7) is 13.1. The van der Waals surface area contributed by atoms with Crippen molar-refractivity contribution in [1.29, 1.82) is 0 Å². The first-order valence-corrected chi connectivity index (χ1v) is 7.42. The maximum absolute atomic E-state index is 13.9. The van der Waals surface area contributed by atoms with Crippen molar-refractivity contribution in [3.8, 4) is 0 Å². The Labute approximate surface area is 121 Å². The van der Waals surface area contributed by atoms with Crippen molar-refractivity contribution in [2.24, 2.45) is 0 Å². The zero-order valence-corrected chi connectivity index (χ0v) is 13.2. The topological polar surface area (TPSA) is 12.5 Å². The average Bonchev–Trinajstić information content (AvgIpc) is 2.29. The second-order valence-corrected chi connectivity index (χ2v) is 7.02. The molecule has 0 N–H and O–H groups in total.